The van der Waals surface area contributed by atoms with Crippen LogP contribution in [0.2, 0.25) is 0 Å². The lowest BCUT2D eigenvalue weighted by atomic mass is 10.0. The summed E-state index contributed by atoms with van der Waals surface area (Å²) in [5.74, 6) is 0.591. The third kappa shape index (κ3) is 3.46. The molecule has 0 spiro atoms. The van der Waals surface area contributed by atoms with E-state index < -0.39 is 10.0 Å². The lowest BCUT2D eigenvalue weighted by molar-refractivity contribution is 0.287. The van der Waals surface area contributed by atoms with E-state index in [0.717, 1.165) is 18.4 Å². The zero-order chi connectivity index (χ0) is 16.4. The summed E-state index contributed by atoms with van der Waals surface area (Å²) in [5.41, 5.74) is 2.79. The number of aromatic nitrogens is 1. The standard InChI is InChI=1S/C18H22N2O2S/c1-14-6-8-16(9-7-14)17-4-3-5-18(19-17)23(21,22)20-12-10-15(2)11-13-20/h3-9,15H,10-13H2,1-2H3. The lowest BCUT2D eigenvalue weighted by Gasteiger charge is -2.29. The number of hydrogen-bond acceptors (Lipinski definition) is 3. The zero-order valence-electron chi connectivity index (χ0n) is 13.6. The summed E-state index contributed by atoms with van der Waals surface area (Å²) in [6.45, 7) is 5.36. The van der Waals surface area contributed by atoms with Crippen molar-refractivity contribution < 1.29 is 8.42 Å². The van der Waals surface area contributed by atoms with Gasteiger partial charge in [0.25, 0.3) is 10.0 Å². The van der Waals surface area contributed by atoms with Crippen LogP contribution in [0.15, 0.2) is 47.5 Å². The number of aryl methyl sites for hydroxylation is 1. The Morgan fingerprint density at radius 2 is 1.70 bits per heavy atom. The van der Waals surface area contributed by atoms with Crippen molar-refractivity contribution in [1.29, 1.82) is 0 Å². The third-order valence-electron chi connectivity index (χ3n) is 4.42. The SMILES string of the molecule is Cc1ccc(-c2cccc(S(=O)(=O)N3CCC(C)CC3)n2)cc1. The molecule has 2 heterocycles. The summed E-state index contributed by atoms with van der Waals surface area (Å²) in [6, 6.07) is 13.1. The Morgan fingerprint density at radius 3 is 2.35 bits per heavy atom. The number of hydrogen-bond donors (Lipinski definition) is 0. The minimum absolute atomic E-state index is 0.144. The average Bonchev–Trinajstić information content (AvgIpc) is 2.56. The zero-order valence-corrected chi connectivity index (χ0v) is 14.4. The third-order valence-corrected chi connectivity index (χ3v) is 6.22. The molecule has 1 aromatic heterocycles. The van der Waals surface area contributed by atoms with Gasteiger partial charge >= 0.3 is 0 Å². The van der Waals surface area contributed by atoms with E-state index in [0.29, 0.717) is 24.7 Å². The summed E-state index contributed by atoms with van der Waals surface area (Å²) < 4.78 is 27.2. The van der Waals surface area contributed by atoms with Crippen LogP contribution in [0.5, 0.6) is 0 Å². The molecule has 1 aliphatic heterocycles. The van der Waals surface area contributed by atoms with Gasteiger partial charge in [0.15, 0.2) is 5.03 Å². The van der Waals surface area contributed by atoms with Gasteiger partial charge in [0.05, 0.1) is 5.69 Å². The van der Waals surface area contributed by atoms with Gasteiger partial charge in [0.1, 0.15) is 0 Å². The van der Waals surface area contributed by atoms with Crippen LogP contribution in [0.4, 0.5) is 0 Å². The van der Waals surface area contributed by atoms with E-state index in [4.69, 9.17) is 0 Å². The van der Waals surface area contributed by atoms with Crippen LogP contribution in [-0.4, -0.2) is 30.8 Å². The van der Waals surface area contributed by atoms with Gasteiger partial charge in [-0.1, -0.05) is 42.8 Å². The molecule has 0 aliphatic carbocycles. The normalized spacial score (nSPS) is 17.3. The van der Waals surface area contributed by atoms with Crippen molar-refractivity contribution in [3.8, 4) is 11.3 Å². The van der Waals surface area contributed by atoms with Crippen LogP contribution in [0.1, 0.15) is 25.3 Å². The van der Waals surface area contributed by atoms with Gasteiger partial charge in [-0.2, -0.15) is 4.31 Å². The quantitative estimate of drug-likeness (QED) is 0.866. The van der Waals surface area contributed by atoms with Crippen LogP contribution in [0.25, 0.3) is 11.3 Å². The molecule has 1 aliphatic rings. The lowest BCUT2D eigenvalue weighted by Crippen LogP contribution is -2.38. The number of sulfonamides is 1. The molecule has 0 atom stereocenters. The molecule has 0 bridgehead atoms. The van der Waals surface area contributed by atoms with Gasteiger partial charge in [-0.05, 0) is 37.8 Å². The summed E-state index contributed by atoms with van der Waals surface area (Å²) in [5, 5.41) is 0.144. The number of pyridine rings is 1. The second-order valence-corrected chi connectivity index (χ2v) is 8.20. The van der Waals surface area contributed by atoms with Gasteiger partial charge in [0, 0.05) is 18.7 Å². The van der Waals surface area contributed by atoms with Crippen molar-refractivity contribution >= 4 is 10.0 Å². The molecule has 0 amide bonds. The van der Waals surface area contributed by atoms with E-state index in [1.807, 2.05) is 37.3 Å². The monoisotopic (exact) mass is 330 g/mol. The molecule has 0 radical (unpaired) electrons. The van der Waals surface area contributed by atoms with E-state index in [1.54, 1.807) is 16.4 Å². The predicted octanol–water partition coefficient (Wildman–Crippen LogP) is 3.48. The second kappa shape index (κ2) is 6.42. The Morgan fingerprint density at radius 1 is 1.04 bits per heavy atom. The molecule has 0 N–H and O–H groups in total. The summed E-state index contributed by atoms with van der Waals surface area (Å²) in [6.07, 6.45) is 1.83. The maximum atomic E-state index is 12.8. The molecule has 122 valence electrons. The van der Waals surface area contributed by atoms with E-state index in [9.17, 15) is 8.42 Å². The molecule has 2 aromatic rings. The molecule has 4 nitrogen and oxygen atoms in total. The molecule has 1 saturated heterocycles. The summed E-state index contributed by atoms with van der Waals surface area (Å²) >= 11 is 0. The molecule has 23 heavy (non-hydrogen) atoms. The van der Waals surface area contributed by atoms with E-state index in [1.165, 1.54) is 5.56 Å². The van der Waals surface area contributed by atoms with Gasteiger partial charge < -0.3 is 0 Å². The van der Waals surface area contributed by atoms with Crippen molar-refractivity contribution in [3.63, 3.8) is 0 Å². The number of piperidine rings is 1. The highest BCUT2D eigenvalue weighted by Gasteiger charge is 2.29. The Kier molecular flexibility index (Phi) is 4.50. The Labute approximate surface area is 138 Å². The molecule has 1 fully saturated rings. The van der Waals surface area contributed by atoms with Crippen LogP contribution < -0.4 is 0 Å². The predicted molar refractivity (Wildman–Crippen MR) is 91.6 cm³/mol. The van der Waals surface area contributed by atoms with Crippen LogP contribution >= 0.6 is 0 Å². The fourth-order valence-corrected chi connectivity index (χ4v) is 4.22. The first kappa shape index (κ1) is 16.1. The fraction of sp³-hybridized carbons (Fsp3) is 0.389. The minimum atomic E-state index is -3.50. The highest BCUT2D eigenvalue weighted by molar-refractivity contribution is 7.89. The Balaban J connectivity index is 1.91. The van der Waals surface area contributed by atoms with Gasteiger partial charge in [-0.15, -0.1) is 0 Å². The minimum Gasteiger partial charge on any atom is -0.235 e. The Bertz CT molecular complexity index is 777. The first-order valence-corrected chi connectivity index (χ1v) is 9.45. The topological polar surface area (TPSA) is 50.3 Å². The fourth-order valence-electron chi connectivity index (χ4n) is 2.80. The van der Waals surface area contributed by atoms with Crippen molar-refractivity contribution in [2.24, 2.45) is 5.92 Å². The van der Waals surface area contributed by atoms with Crippen molar-refractivity contribution in [1.82, 2.24) is 9.29 Å². The molecule has 1 aromatic carbocycles. The van der Waals surface area contributed by atoms with Crippen LogP contribution in [-0.2, 0) is 10.0 Å². The maximum Gasteiger partial charge on any atom is 0.260 e. The first-order chi connectivity index (χ1) is 11.0. The second-order valence-electron chi connectivity index (χ2n) is 6.31. The molecule has 0 saturated carbocycles. The van der Waals surface area contributed by atoms with Gasteiger partial charge in [-0.3, -0.25) is 0 Å². The highest BCUT2D eigenvalue weighted by atomic mass is 32.2. The summed E-state index contributed by atoms with van der Waals surface area (Å²) in [7, 11) is -3.50. The Hall–Kier alpha value is -1.72. The van der Waals surface area contributed by atoms with Gasteiger partial charge in [0.2, 0.25) is 0 Å². The largest absolute Gasteiger partial charge is 0.260 e. The average molecular weight is 330 g/mol. The van der Waals surface area contributed by atoms with E-state index in [-0.39, 0.29) is 5.03 Å². The molecule has 0 unspecified atom stereocenters. The summed E-state index contributed by atoms with van der Waals surface area (Å²) in [4.78, 5) is 4.41. The number of benzene rings is 1. The maximum absolute atomic E-state index is 12.8. The molecular formula is C18H22N2O2S. The van der Waals surface area contributed by atoms with Crippen LogP contribution in [0.3, 0.4) is 0 Å². The van der Waals surface area contributed by atoms with Crippen molar-refractivity contribution in [3.05, 3.63) is 48.0 Å². The van der Waals surface area contributed by atoms with Gasteiger partial charge in [-0.25, -0.2) is 13.4 Å². The van der Waals surface area contributed by atoms with Crippen molar-refractivity contribution in [2.45, 2.75) is 31.7 Å². The molecular weight excluding hydrogens is 308 g/mol. The van der Waals surface area contributed by atoms with Crippen LogP contribution in [0, 0.1) is 12.8 Å². The number of rotatable bonds is 3. The highest BCUT2D eigenvalue weighted by Crippen LogP contribution is 2.24. The molecule has 3 rings (SSSR count). The first-order valence-electron chi connectivity index (χ1n) is 8.01. The number of nitrogens with zero attached hydrogens (tertiary/aromatic N) is 2. The van der Waals surface area contributed by atoms with E-state index >= 15 is 0 Å². The smallest absolute Gasteiger partial charge is 0.235 e. The van der Waals surface area contributed by atoms with E-state index in [2.05, 4.69) is 11.9 Å². The van der Waals surface area contributed by atoms with Crippen molar-refractivity contribution in [2.75, 3.05) is 13.1 Å². The molecule has 5 heteroatoms.